The van der Waals surface area contributed by atoms with Gasteiger partial charge in [-0.05, 0) is 54.4 Å². The van der Waals surface area contributed by atoms with E-state index in [1.807, 2.05) is 25.1 Å². The number of aromatic amines is 1. The summed E-state index contributed by atoms with van der Waals surface area (Å²) >= 11 is 5.93. The molecule has 27 heavy (non-hydrogen) atoms. The van der Waals surface area contributed by atoms with E-state index < -0.39 is 0 Å². The van der Waals surface area contributed by atoms with Crippen molar-refractivity contribution in [1.29, 1.82) is 0 Å². The molecule has 0 saturated heterocycles. The van der Waals surface area contributed by atoms with Gasteiger partial charge in [0.2, 0.25) is 0 Å². The van der Waals surface area contributed by atoms with E-state index in [0.717, 1.165) is 28.9 Å². The predicted molar refractivity (Wildman–Crippen MR) is 104 cm³/mol. The average Bonchev–Trinajstić information content (AvgIpc) is 2.65. The van der Waals surface area contributed by atoms with Crippen molar-refractivity contribution in [1.82, 2.24) is 14.9 Å². The second-order valence-corrected chi connectivity index (χ2v) is 7.31. The fourth-order valence-electron chi connectivity index (χ4n) is 3.44. The average molecular weight is 384 g/mol. The van der Waals surface area contributed by atoms with Gasteiger partial charge in [-0.3, -0.25) is 9.69 Å². The van der Waals surface area contributed by atoms with Crippen LogP contribution in [0.1, 0.15) is 22.4 Å². The van der Waals surface area contributed by atoms with Crippen LogP contribution < -0.4 is 5.56 Å². The first-order valence-corrected chi connectivity index (χ1v) is 9.23. The highest BCUT2D eigenvalue weighted by Crippen LogP contribution is 2.22. The number of nitrogens with one attached hydrogen (secondary N) is 1. The highest BCUT2D eigenvalue weighted by molar-refractivity contribution is 6.30. The fourth-order valence-corrected chi connectivity index (χ4v) is 3.56. The molecule has 1 aliphatic rings. The summed E-state index contributed by atoms with van der Waals surface area (Å²) in [5, 5.41) is 0.644. The van der Waals surface area contributed by atoms with Gasteiger partial charge in [-0.2, -0.15) is 0 Å². The summed E-state index contributed by atoms with van der Waals surface area (Å²) in [6, 6.07) is 12.1. The molecule has 4 nitrogen and oxygen atoms in total. The van der Waals surface area contributed by atoms with Crippen LogP contribution in [0.5, 0.6) is 0 Å². The van der Waals surface area contributed by atoms with Crippen molar-refractivity contribution in [3.05, 3.63) is 86.0 Å². The van der Waals surface area contributed by atoms with Crippen molar-refractivity contribution < 1.29 is 4.39 Å². The first kappa shape index (κ1) is 17.9. The van der Waals surface area contributed by atoms with Crippen LogP contribution in [0.2, 0.25) is 5.02 Å². The number of halogens is 2. The SMILES string of the molecule is Cc1cc(F)ccc1CN1CCc2nc(-c3ccc(Cl)cc3)[nH]c(=O)c2C1. The molecule has 0 aliphatic carbocycles. The molecule has 0 bridgehead atoms. The molecule has 0 saturated carbocycles. The quantitative estimate of drug-likeness (QED) is 0.740. The number of H-pyrrole nitrogens is 1. The van der Waals surface area contributed by atoms with Gasteiger partial charge in [0.05, 0.1) is 11.3 Å². The van der Waals surface area contributed by atoms with E-state index in [9.17, 15) is 9.18 Å². The maximum atomic E-state index is 13.3. The van der Waals surface area contributed by atoms with E-state index in [1.54, 1.807) is 18.2 Å². The third-order valence-electron chi connectivity index (χ3n) is 4.96. The Morgan fingerprint density at radius 1 is 1.22 bits per heavy atom. The maximum Gasteiger partial charge on any atom is 0.255 e. The largest absolute Gasteiger partial charge is 0.306 e. The standard InChI is InChI=1S/C21H19ClFN3O/c1-13-10-17(23)7-4-15(13)11-26-9-8-19-18(12-26)21(27)25-20(24-19)14-2-5-16(22)6-3-14/h2-7,10H,8-9,11-12H2,1H3,(H,24,25,27). The van der Waals surface area contributed by atoms with Crippen LogP contribution in [0.15, 0.2) is 47.3 Å². The molecule has 0 atom stereocenters. The fraction of sp³-hybridized carbons (Fsp3) is 0.238. The second-order valence-electron chi connectivity index (χ2n) is 6.88. The lowest BCUT2D eigenvalue weighted by atomic mass is 10.0. The number of aromatic nitrogens is 2. The van der Waals surface area contributed by atoms with E-state index in [-0.39, 0.29) is 11.4 Å². The normalized spacial score (nSPS) is 14.2. The number of hydrogen-bond donors (Lipinski definition) is 1. The van der Waals surface area contributed by atoms with Gasteiger partial charge in [-0.1, -0.05) is 17.7 Å². The van der Waals surface area contributed by atoms with Gasteiger partial charge in [-0.15, -0.1) is 0 Å². The molecule has 0 radical (unpaired) electrons. The smallest absolute Gasteiger partial charge is 0.255 e. The third kappa shape index (κ3) is 3.80. The molecular formula is C21H19ClFN3O. The van der Waals surface area contributed by atoms with Crippen LogP contribution in [0.3, 0.4) is 0 Å². The molecule has 0 amide bonds. The predicted octanol–water partition coefficient (Wildman–Crippen LogP) is 4.10. The van der Waals surface area contributed by atoms with Crippen molar-refractivity contribution >= 4 is 11.6 Å². The number of aryl methyl sites for hydroxylation is 1. The summed E-state index contributed by atoms with van der Waals surface area (Å²) in [5.41, 5.74) is 4.27. The zero-order valence-electron chi connectivity index (χ0n) is 14.9. The first-order valence-electron chi connectivity index (χ1n) is 8.85. The summed E-state index contributed by atoms with van der Waals surface area (Å²) in [4.78, 5) is 22.4. The van der Waals surface area contributed by atoms with Crippen molar-refractivity contribution in [3.63, 3.8) is 0 Å². The molecule has 2 heterocycles. The van der Waals surface area contributed by atoms with Crippen molar-refractivity contribution in [2.24, 2.45) is 0 Å². The van der Waals surface area contributed by atoms with E-state index in [4.69, 9.17) is 11.6 Å². The molecule has 0 unspecified atom stereocenters. The van der Waals surface area contributed by atoms with E-state index in [1.165, 1.54) is 6.07 Å². The highest BCUT2D eigenvalue weighted by Gasteiger charge is 2.22. The number of rotatable bonds is 3. The van der Waals surface area contributed by atoms with E-state index >= 15 is 0 Å². The van der Waals surface area contributed by atoms with Crippen molar-refractivity contribution in [2.75, 3.05) is 6.54 Å². The molecule has 1 N–H and O–H groups in total. The van der Waals surface area contributed by atoms with Gasteiger partial charge >= 0.3 is 0 Å². The van der Waals surface area contributed by atoms with Crippen LogP contribution in [-0.4, -0.2) is 21.4 Å². The Hall–Kier alpha value is -2.50. The van der Waals surface area contributed by atoms with Gasteiger partial charge in [0, 0.05) is 36.6 Å². The number of benzene rings is 2. The minimum Gasteiger partial charge on any atom is -0.306 e. The third-order valence-corrected chi connectivity index (χ3v) is 5.22. The Bertz CT molecular complexity index is 1050. The molecule has 6 heteroatoms. The minimum absolute atomic E-state index is 0.106. The van der Waals surface area contributed by atoms with Gasteiger partial charge < -0.3 is 4.98 Å². The lowest BCUT2D eigenvalue weighted by Gasteiger charge is -2.28. The maximum absolute atomic E-state index is 13.3. The lowest BCUT2D eigenvalue weighted by Crippen LogP contribution is -2.35. The van der Waals surface area contributed by atoms with Crippen LogP contribution >= 0.6 is 11.6 Å². The van der Waals surface area contributed by atoms with Gasteiger partial charge in [0.25, 0.3) is 5.56 Å². The van der Waals surface area contributed by atoms with Gasteiger partial charge in [-0.25, -0.2) is 9.37 Å². The van der Waals surface area contributed by atoms with E-state index in [2.05, 4.69) is 14.9 Å². The van der Waals surface area contributed by atoms with Crippen LogP contribution in [-0.2, 0) is 19.5 Å². The summed E-state index contributed by atoms with van der Waals surface area (Å²) < 4.78 is 13.3. The minimum atomic E-state index is -0.226. The Labute approximate surface area is 161 Å². The number of hydrogen-bond acceptors (Lipinski definition) is 3. The Morgan fingerprint density at radius 2 is 2.00 bits per heavy atom. The second kappa shape index (κ2) is 7.25. The first-order chi connectivity index (χ1) is 13.0. The highest BCUT2D eigenvalue weighted by atomic mass is 35.5. The monoisotopic (exact) mass is 383 g/mol. The summed E-state index contributed by atoms with van der Waals surface area (Å²) in [6.07, 6.45) is 0.708. The van der Waals surface area contributed by atoms with Crippen LogP contribution in [0, 0.1) is 12.7 Å². The molecule has 4 rings (SSSR count). The Kier molecular flexibility index (Phi) is 4.81. The molecule has 138 valence electrons. The van der Waals surface area contributed by atoms with Crippen molar-refractivity contribution in [2.45, 2.75) is 26.4 Å². The molecule has 1 aliphatic heterocycles. The summed E-state index contributed by atoms with van der Waals surface area (Å²) in [7, 11) is 0. The summed E-state index contributed by atoms with van der Waals surface area (Å²) in [6.45, 7) is 3.93. The molecule has 2 aromatic carbocycles. The zero-order valence-corrected chi connectivity index (χ0v) is 15.7. The van der Waals surface area contributed by atoms with Crippen LogP contribution in [0.4, 0.5) is 4.39 Å². The number of nitrogens with zero attached hydrogens (tertiary/aromatic N) is 2. The Morgan fingerprint density at radius 3 is 2.74 bits per heavy atom. The molecular weight excluding hydrogens is 365 g/mol. The van der Waals surface area contributed by atoms with E-state index in [0.29, 0.717) is 35.9 Å². The number of fused-ring (bicyclic) bond motifs is 1. The molecule has 0 fully saturated rings. The molecule has 3 aromatic rings. The Balaban J connectivity index is 1.58. The van der Waals surface area contributed by atoms with Gasteiger partial charge in [0.1, 0.15) is 11.6 Å². The topological polar surface area (TPSA) is 49.0 Å². The summed E-state index contributed by atoms with van der Waals surface area (Å²) in [5.74, 6) is 0.342. The molecule has 0 spiro atoms. The van der Waals surface area contributed by atoms with Crippen LogP contribution in [0.25, 0.3) is 11.4 Å². The molecule has 1 aromatic heterocycles. The van der Waals surface area contributed by atoms with Crippen molar-refractivity contribution in [3.8, 4) is 11.4 Å². The zero-order chi connectivity index (χ0) is 19.0. The van der Waals surface area contributed by atoms with Gasteiger partial charge in [0.15, 0.2) is 0 Å². The lowest BCUT2D eigenvalue weighted by molar-refractivity contribution is 0.241.